The van der Waals surface area contributed by atoms with E-state index in [1.807, 2.05) is 13.8 Å². The highest BCUT2D eigenvalue weighted by Crippen LogP contribution is 2.08. The van der Waals surface area contributed by atoms with Gasteiger partial charge in [-0.05, 0) is 19.3 Å². The number of rotatable bonds is 4. The largest absolute Gasteiger partial charge is 0.396 e. The van der Waals surface area contributed by atoms with Crippen LogP contribution in [0, 0.1) is 5.92 Å². The van der Waals surface area contributed by atoms with Gasteiger partial charge in [0, 0.05) is 19.1 Å². The second kappa shape index (κ2) is 5.11. The maximum atomic E-state index is 11.6. The van der Waals surface area contributed by atoms with Crippen molar-refractivity contribution in [2.75, 3.05) is 6.61 Å². The summed E-state index contributed by atoms with van der Waals surface area (Å²) in [5, 5.41) is 14.3. The van der Waals surface area contributed by atoms with Crippen LogP contribution in [0.3, 0.4) is 0 Å². The molecule has 5 nitrogen and oxygen atoms in total. The molecule has 0 radical (unpaired) electrons. The highest BCUT2D eigenvalue weighted by Gasteiger charge is 2.28. The molecule has 3 N–H and O–H groups in total. The van der Waals surface area contributed by atoms with E-state index in [1.54, 1.807) is 0 Å². The summed E-state index contributed by atoms with van der Waals surface area (Å²) in [6.07, 6.45) is 0.979. The van der Waals surface area contributed by atoms with Gasteiger partial charge in [-0.25, -0.2) is 0 Å². The number of carbonyl (C=O) groups excluding carboxylic acids is 2. The Morgan fingerprint density at radius 3 is 2.80 bits per heavy atom. The van der Waals surface area contributed by atoms with Crippen LogP contribution in [0.25, 0.3) is 0 Å². The highest BCUT2D eigenvalue weighted by atomic mass is 16.3. The van der Waals surface area contributed by atoms with Crippen molar-refractivity contribution >= 4 is 11.8 Å². The second-order valence-corrected chi connectivity index (χ2v) is 4.12. The molecule has 3 atom stereocenters. The van der Waals surface area contributed by atoms with Gasteiger partial charge in [-0.3, -0.25) is 9.59 Å². The third-order valence-corrected chi connectivity index (χ3v) is 2.82. The van der Waals surface area contributed by atoms with Crippen LogP contribution in [-0.4, -0.2) is 35.6 Å². The molecule has 0 aromatic rings. The molecule has 0 aromatic heterocycles. The molecule has 86 valence electrons. The fraction of sp³-hybridized carbons (Fsp3) is 0.800. The lowest BCUT2D eigenvalue weighted by Gasteiger charge is -2.21. The predicted molar refractivity (Wildman–Crippen MR) is 55.0 cm³/mol. The minimum Gasteiger partial charge on any atom is -0.396 e. The summed E-state index contributed by atoms with van der Waals surface area (Å²) in [7, 11) is 0. The highest BCUT2D eigenvalue weighted by molar-refractivity contribution is 5.90. The van der Waals surface area contributed by atoms with Crippen LogP contribution < -0.4 is 10.6 Å². The fourth-order valence-electron chi connectivity index (χ4n) is 1.44. The maximum absolute atomic E-state index is 11.6. The molecule has 2 amide bonds. The maximum Gasteiger partial charge on any atom is 0.242 e. The molecule has 2 unspecified atom stereocenters. The fourth-order valence-corrected chi connectivity index (χ4v) is 1.44. The SMILES string of the molecule is CC(CO)C(C)NC(=O)[C@@H]1CCC(=O)N1. The molecule has 1 rings (SSSR count). The molecule has 5 heteroatoms. The molecular weight excluding hydrogens is 196 g/mol. The van der Waals surface area contributed by atoms with Crippen LogP contribution >= 0.6 is 0 Å². The lowest BCUT2D eigenvalue weighted by molar-refractivity contribution is -0.126. The van der Waals surface area contributed by atoms with E-state index in [1.165, 1.54) is 0 Å². The molecule has 0 bridgehead atoms. The zero-order chi connectivity index (χ0) is 11.4. The Balaban J connectivity index is 2.38. The van der Waals surface area contributed by atoms with E-state index in [4.69, 9.17) is 5.11 Å². The molecule has 15 heavy (non-hydrogen) atoms. The van der Waals surface area contributed by atoms with E-state index in [-0.39, 0.29) is 30.4 Å². The van der Waals surface area contributed by atoms with E-state index in [9.17, 15) is 9.59 Å². The summed E-state index contributed by atoms with van der Waals surface area (Å²) >= 11 is 0. The van der Waals surface area contributed by atoms with Crippen molar-refractivity contribution in [1.29, 1.82) is 0 Å². The first kappa shape index (κ1) is 12.0. The summed E-state index contributed by atoms with van der Waals surface area (Å²) in [4.78, 5) is 22.5. The second-order valence-electron chi connectivity index (χ2n) is 4.12. The molecule has 0 aliphatic carbocycles. The summed E-state index contributed by atoms with van der Waals surface area (Å²) < 4.78 is 0. The number of aliphatic hydroxyl groups excluding tert-OH is 1. The zero-order valence-corrected chi connectivity index (χ0v) is 9.12. The van der Waals surface area contributed by atoms with Gasteiger partial charge in [0.15, 0.2) is 0 Å². The normalized spacial score (nSPS) is 24.5. The van der Waals surface area contributed by atoms with Gasteiger partial charge in [0.05, 0.1) is 0 Å². The summed E-state index contributed by atoms with van der Waals surface area (Å²) in [5.41, 5.74) is 0. The van der Waals surface area contributed by atoms with Crippen LogP contribution in [0.15, 0.2) is 0 Å². The zero-order valence-electron chi connectivity index (χ0n) is 9.12. The molecule has 1 heterocycles. The van der Waals surface area contributed by atoms with Gasteiger partial charge in [-0.15, -0.1) is 0 Å². The number of hydrogen-bond donors (Lipinski definition) is 3. The summed E-state index contributed by atoms with van der Waals surface area (Å²) in [5.74, 6) is -0.210. The van der Waals surface area contributed by atoms with Crippen molar-refractivity contribution < 1.29 is 14.7 Å². The van der Waals surface area contributed by atoms with Crippen molar-refractivity contribution in [1.82, 2.24) is 10.6 Å². The molecule has 0 saturated carbocycles. The standard InChI is InChI=1S/C10H18N2O3/c1-6(5-13)7(2)11-10(15)8-3-4-9(14)12-8/h6-8,13H,3-5H2,1-2H3,(H,11,15)(H,12,14)/t6?,7?,8-/m0/s1. The molecule has 0 aromatic carbocycles. The van der Waals surface area contributed by atoms with Gasteiger partial charge in [0.2, 0.25) is 11.8 Å². The van der Waals surface area contributed by atoms with Crippen LogP contribution in [-0.2, 0) is 9.59 Å². The van der Waals surface area contributed by atoms with Crippen LogP contribution in [0.4, 0.5) is 0 Å². The van der Waals surface area contributed by atoms with Crippen LogP contribution in [0.1, 0.15) is 26.7 Å². The molecule has 0 spiro atoms. The van der Waals surface area contributed by atoms with Gasteiger partial charge < -0.3 is 15.7 Å². The Morgan fingerprint density at radius 1 is 1.67 bits per heavy atom. The van der Waals surface area contributed by atoms with Gasteiger partial charge in [0.1, 0.15) is 6.04 Å². The number of nitrogens with one attached hydrogen (secondary N) is 2. The third kappa shape index (κ3) is 3.20. The lowest BCUT2D eigenvalue weighted by atomic mass is 10.0. The number of aliphatic hydroxyl groups is 1. The van der Waals surface area contributed by atoms with Gasteiger partial charge in [-0.2, -0.15) is 0 Å². The Bertz CT molecular complexity index is 255. The predicted octanol–water partition coefficient (Wildman–Crippen LogP) is -0.602. The topological polar surface area (TPSA) is 78.4 Å². The monoisotopic (exact) mass is 214 g/mol. The number of carbonyl (C=O) groups is 2. The minimum atomic E-state index is -0.397. The first-order valence-electron chi connectivity index (χ1n) is 5.25. The molecule has 1 aliphatic rings. The Hall–Kier alpha value is -1.10. The number of hydrogen-bond acceptors (Lipinski definition) is 3. The molecule has 1 saturated heterocycles. The van der Waals surface area contributed by atoms with Crippen molar-refractivity contribution in [3.63, 3.8) is 0 Å². The van der Waals surface area contributed by atoms with Gasteiger partial charge in [0.25, 0.3) is 0 Å². The van der Waals surface area contributed by atoms with E-state index in [0.717, 1.165) is 0 Å². The third-order valence-electron chi connectivity index (χ3n) is 2.82. The van der Waals surface area contributed by atoms with Crippen LogP contribution in [0.5, 0.6) is 0 Å². The van der Waals surface area contributed by atoms with Crippen molar-refractivity contribution in [3.8, 4) is 0 Å². The first-order valence-corrected chi connectivity index (χ1v) is 5.25. The van der Waals surface area contributed by atoms with Gasteiger partial charge in [-0.1, -0.05) is 6.92 Å². The molecule has 1 fully saturated rings. The molecule has 1 aliphatic heterocycles. The Labute approximate surface area is 89.2 Å². The Kier molecular flexibility index (Phi) is 4.08. The molecular formula is C10H18N2O3. The van der Waals surface area contributed by atoms with Crippen molar-refractivity contribution in [2.24, 2.45) is 5.92 Å². The number of amides is 2. The summed E-state index contributed by atoms with van der Waals surface area (Å²) in [6.45, 7) is 3.74. The van der Waals surface area contributed by atoms with Gasteiger partial charge >= 0.3 is 0 Å². The average molecular weight is 214 g/mol. The van der Waals surface area contributed by atoms with E-state index >= 15 is 0 Å². The smallest absolute Gasteiger partial charge is 0.242 e. The van der Waals surface area contributed by atoms with Crippen molar-refractivity contribution in [2.45, 2.75) is 38.8 Å². The van der Waals surface area contributed by atoms with E-state index in [0.29, 0.717) is 12.8 Å². The summed E-state index contributed by atoms with van der Waals surface area (Å²) in [6, 6.07) is -0.481. The van der Waals surface area contributed by atoms with E-state index < -0.39 is 6.04 Å². The van der Waals surface area contributed by atoms with E-state index in [2.05, 4.69) is 10.6 Å². The first-order chi connectivity index (χ1) is 7.04. The Morgan fingerprint density at radius 2 is 2.33 bits per heavy atom. The lowest BCUT2D eigenvalue weighted by Crippen LogP contribution is -2.47. The quantitative estimate of drug-likeness (QED) is 0.584. The van der Waals surface area contributed by atoms with Crippen LogP contribution in [0.2, 0.25) is 0 Å². The van der Waals surface area contributed by atoms with Crippen molar-refractivity contribution in [3.05, 3.63) is 0 Å². The minimum absolute atomic E-state index is 0.0195. The average Bonchev–Trinajstić information content (AvgIpc) is 2.63.